The standard InChI is InChI=1S/C8H9N3S/c1-6-7-2-3-11(5-12)8(7)10-4-9-6/h2-4,12H,5H2,1H3. The van der Waals surface area contributed by atoms with Crippen LogP contribution in [-0.4, -0.2) is 14.5 Å². The fraction of sp³-hybridized carbons (Fsp3) is 0.250. The lowest BCUT2D eigenvalue weighted by atomic mass is 10.3. The van der Waals surface area contributed by atoms with Crippen molar-refractivity contribution in [2.75, 3.05) is 0 Å². The van der Waals surface area contributed by atoms with Crippen LogP contribution in [0.2, 0.25) is 0 Å². The lowest BCUT2D eigenvalue weighted by molar-refractivity contribution is 0.923. The number of aromatic nitrogens is 3. The quantitative estimate of drug-likeness (QED) is 0.674. The normalized spacial score (nSPS) is 10.8. The minimum absolute atomic E-state index is 0.653. The fourth-order valence-corrected chi connectivity index (χ4v) is 1.47. The van der Waals surface area contributed by atoms with Gasteiger partial charge in [-0.2, -0.15) is 12.6 Å². The summed E-state index contributed by atoms with van der Waals surface area (Å²) in [6, 6.07) is 2.01. The SMILES string of the molecule is Cc1ncnc2c1ccn2CS. The Kier molecular flexibility index (Phi) is 1.77. The first-order chi connectivity index (χ1) is 5.83. The van der Waals surface area contributed by atoms with Crippen LogP contribution in [-0.2, 0) is 5.88 Å². The van der Waals surface area contributed by atoms with Gasteiger partial charge < -0.3 is 4.57 Å². The van der Waals surface area contributed by atoms with Crippen LogP contribution in [0.1, 0.15) is 5.69 Å². The number of nitrogens with zero attached hydrogens (tertiary/aromatic N) is 3. The molecule has 2 rings (SSSR count). The van der Waals surface area contributed by atoms with Gasteiger partial charge in [-0.25, -0.2) is 9.97 Å². The number of rotatable bonds is 1. The predicted molar refractivity (Wildman–Crippen MR) is 51.3 cm³/mol. The van der Waals surface area contributed by atoms with Crippen LogP contribution in [0.4, 0.5) is 0 Å². The van der Waals surface area contributed by atoms with Gasteiger partial charge in [0.1, 0.15) is 12.0 Å². The van der Waals surface area contributed by atoms with E-state index in [4.69, 9.17) is 0 Å². The van der Waals surface area contributed by atoms with Gasteiger partial charge in [-0.15, -0.1) is 0 Å². The summed E-state index contributed by atoms with van der Waals surface area (Å²) in [5.41, 5.74) is 1.97. The maximum Gasteiger partial charge on any atom is 0.144 e. The Morgan fingerprint density at radius 1 is 1.50 bits per heavy atom. The molecule has 2 heterocycles. The van der Waals surface area contributed by atoms with E-state index in [1.807, 2.05) is 23.8 Å². The van der Waals surface area contributed by atoms with Crippen LogP contribution < -0.4 is 0 Å². The Bertz CT molecular complexity index is 408. The molecule has 4 heteroatoms. The van der Waals surface area contributed by atoms with Gasteiger partial charge in [0.25, 0.3) is 0 Å². The van der Waals surface area contributed by atoms with Gasteiger partial charge in [0.15, 0.2) is 0 Å². The number of aryl methyl sites for hydroxylation is 1. The summed E-state index contributed by atoms with van der Waals surface area (Å²) in [6.07, 6.45) is 3.55. The molecule has 62 valence electrons. The summed E-state index contributed by atoms with van der Waals surface area (Å²) in [5.74, 6) is 0.653. The second-order valence-electron chi connectivity index (χ2n) is 2.62. The number of hydrogen-bond donors (Lipinski definition) is 1. The van der Waals surface area contributed by atoms with E-state index >= 15 is 0 Å². The number of thiol groups is 1. The van der Waals surface area contributed by atoms with Gasteiger partial charge >= 0.3 is 0 Å². The zero-order chi connectivity index (χ0) is 8.55. The highest BCUT2D eigenvalue weighted by molar-refractivity contribution is 7.79. The van der Waals surface area contributed by atoms with Crippen LogP contribution in [0.15, 0.2) is 18.6 Å². The monoisotopic (exact) mass is 179 g/mol. The van der Waals surface area contributed by atoms with Gasteiger partial charge in [-0.3, -0.25) is 0 Å². The molecule has 0 fully saturated rings. The first-order valence-corrected chi connectivity index (χ1v) is 4.33. The second-order valence-corrected chi connectivity index (χ2v) is 2.91. The topological polar surface area (TPSA) is 30.7 Å². The third-order valence-corrected chi connectivity index (χ3v) is 2.21. The van der Waals surface area contributed by atoms with E-state index in [1.54, 1.807) is 6.33 Å². The summed E-state index contributed by atoms with van der Waals surface area (Å²) in [4.78, 5) is 8.28. The van der Waals surface area contributed by atoms with Crippen molar-refractivity contribution in [3.05, 3.63) is 24.3 Å². The fourth-order valence-electron chi connectivity index (χ4n) is 1.24. The largest absolute Gasteiger partial charge is 0.323 e. The highest BCUT2D eigenvalue weighted by atomic mass is 32.1. The molecule has 2 aromatic heterocycles. The van der Waals surface area contributed by atoms with Crippen LogP contribution >= 0.6 is 12.6 Å². The Hall–Kier alpha value is -1.03. The first-order valence-electron chi connectivity index (χ1n) is 3.70. The highest BCUT2D eigenvalue weighted by Crippen LogP contribution is 2.15. The van der Waals surface area contributed by atoms with Crippen molar-refractivity contribution in [3.63, 3.8) is 0 Å². The first kappa shape index (κ1) is 7.61. The molecule has 0 unspecified atom stereocenters. The summed E-state index contributed by atoms with van der Waals surface area (Å²) in [7, 11) is 0. The number of hydrogen-bond acceptors (Lipinski definition) is 3. The van der Waals surface area contributed by atoms with Crippen LogP contribution in [0.3, 0.4) is 0 Å². The van der Waals surface area contributed by atoms with Crippen molar-refractivity contribution in [2.45, 2.75) is 12.8 Å². The molecular weight excluding hydrogens is 170 g/mol. The Morgan fingerprint density at radius 2 is 2.33 bits per heavy atom. The predicted octanol–water partition coefficient (Wildman–Crippen LogP) is 1.63. The molecule has 0 spiro atoms. The smallest absolute Gasteiger partial charge is 0.144 e. The van der Waals surface area contributed by atoms with Crippen molar-refractivity contribution < 1.29 is 0 Å². The van der Waals surface area contributed by atoms with Crippen molar-refractivity contribution in [1.82, 2.24) is 14.5 Å². The van der Waals surface area contributed by atoms with Crippen LogP contribution in [0.5, 0.6) is 0 Å². The van der Waals surface area contributed by atoms with E-state index in [2.05, 4.69) is 22.6 Å². The molecule has 0 saturated carbocycles. The maximum atomic E-state index is 4.19. The molecule has 0 amide bonds. The molecule has 0 radical (unpaired) electrons. The Labute approximate surface area is 75.9 Å². The van der Waals surface area contributed by atoms with Crippen molar-refractivity contribution in [3.8, 4) is 0 Å². The Morgan fingerprint density at radius 3 is 3.08 bits per heavy atom. The summed E-state index contributed by atoms with van der Waals surface area (Å²) < 4.78 is 1.98. The highest BCUT2D eigenvalue weighted by Gasteiger charge is 2.02. The van der Waals surface area contributed by atoms with E-state index in [1.165, 1.54) is 0 Å². The lowest BCUT2D eigenvalue weighted by Gasteiger charge is -1.98. The lowest BCUT2D eigenvalue weighted by Crippen LogP contribution is -1.92. The van der Waals surface area contributed by atoms with Gasteiger partial charge in [0.2, 0.25) is 0 Å². The third-order valence-electron chi connectivity index (χ3n) is 1.91. The summed E-state index contributed by atoms with van der Waals surface area (Å²) >= 11 is 4.19. The van der Waals surface area contributed by atoms with Crippen molar-refractivity contribution in [2.24, 2.45) is 0 Å². The molecule has 0 aliphatic heterocycles. The average molecular weight is 179 g/mol. The zero-order valence-electron chi connectivity index (χ0n) is 6.73. The molecule has 0 atom stereocenters. The van der Waals surface area contributed by atoms with E-state index in [0.29, 0.717) is 5.88 Å². The molecule has 0 aliphatic carbocycles. The van der Waals surface area contributed by atoms with Gasteiger partial charge in [-0.1, -0.05) is 0 Å². The van der Waals surface area contributed by atoms with Crippen molar-refractivity contribution >= 4 is 23.7 Å². The molecule has 0 saturated heterocycles. The van der Waals surface area contributed by atoms with Crippen molar-refractivity contribution in [1.29, 1.82) is 0 Å². The maximum absolute atomic E-state index is 4.19. The summed E-state index contributed by atoms with van der Waals surface area (Å²) in [6.45, 7) is 1.98. The molecule has 0 bridgehead atoms. The van der Waals surface area contributed by atoms with Crippen LogP contribution in [0.25, 0.3) is 11.0 Å². The van der Waals surface area contributed by atoms with Gasteiger partial charge in [-0.05, 0) is 13.0 Å². The third kappa shape index (κ3) is 0.992. The molecule has 0 N–H and O–H groups in total. The summed E-state index contributed by atoms with van der Waals surface area (Å²) in [5, 5.41) is 1.10. The molecule has 12 heavy (non-hydrogen) atoms. The molecule has 0 aliphatic rings. The van der Waals surface area contributed by atoms with E-state index in [0.717, 1.165) is 16.7 Å². The average Bonchev–Trinajstić information content (AvgIpc) is 2.49. The van der Waals surface area contributed by atoms with Gasteiger partial charge in [0.05, 0.1) is 11.6 Å². The minimum Gasteiger partial charge on any atom is -0.323 e. The van der Waals surface area contributed by atoms with E-state index in [9.17, 15) is 0 Å². The molecular formula is C8H9N3S. The molecule has 2 aromatic rings. The number of fused-ring (bicyclic) bond motifs is 1. The van der Waals surface area contributed by atoms with E-state index < -0.39 is 0 Å². The van der Waals surface area contributed by atoms with Crippen LogP contribution in [0, 0.1) is 6.92 Å². The Balaban J connectivity index is 2.80. The molecule has 0 aromatic carbocycles. The zero-order valence-corrected chi connectivity index (χ0v) is 7.62. The minimum atomic E-state index is 0.653. The second kappa shape index (κ2) is 2.79. The van der Waals surface area contributed by atoms with E-state index in [-0.39, 0.29) is 0 Å². The molecule has 3 nitrogen and oxygen atoms in total. The van der Waals surface area contributed by atoms with Gasteiger partial charge in [0, 0.05) is 11.6 Å².